The van der Waals surface area contributed by atoms with Crippen molar-refractivity contribution in [3.63, 3.8) is 0 Å². The maximum Gasteiger partial charge on any atom is 0.222 e. The normalized spacial score (nSPS) is 20.1. The van der Waals surface area contributed by atoms with Crippen LogP contribution in [-0.4, -0.2) is 45.3 Å². The molecule has 1 amide bonds. The van der Waals surface area contributed by atoms with Crippen molar-refractivity contribution in [2.45, 2.75) is 56.2 Å². The first kappa shape index (κ1) is 17.6. The summed E-state index contributed by atoms with van der Waals surface area (Å²) in [4.78, 5) is 18.3. The second kappa shape index (κ2) is 7.32. The number of hydrogen-bond donors (Lipinski definition) is 1. The highest BCUT2D eigenvalue weighted by atomic mass is 16.3. The van der Waals surface area contributed by atoms with E-state index in [1.165, 1.54) is 0 Å². The van der Waals surface area contributed by atoms with Gasteiger partial charge in [0.2, 0.25) is 5.91 Å². The molecule has 0 unspecified atom stereocenters. The summed E-state index contributed by atoms with van der Waals surface area (Å²) in [7, 11) is 0. The number of terminal acetylenes is 1. The first-order valence-electron chi connectivity index (χ1n) is 8.81. The first-order valence-corrected chi connectivity index (χ1v) is 8.81. The summed E-state index contributed by atoms with van der Waals surface area (Å²) in [5.41, 5.74) is -0.0718. The number of aromatic nitrogens is 1. The Morgan fingerprint density at radius 2 is 1.92 bits per heavy atom. The summed E-state index contributed by atoms with van der Waals surface area (Å²) < 4.78 is 0. The van der Waals surface area contributed by atoms with Gasteiger partial charge in [-0.3, -0.25) is 9.78 Å². The smallest absolute Gasteiger partial charge is 0.222 e. The number of nitrogens with zero attached hydrogens (tertiary/aromatic N) is 4. The second-order valence-corrected chi connectivity index (χ2v) is 7.02. The van der Waals surface area contributed by atoms with E-state index in [0.29, 0.717) is 51.6 Å². The van der Waals surface area contributed by atoms with E-state index >= 15 is 0 Å². The molecule has 0 radical (unpaired) electrons. The van der Waals surface area contributed by atoms with Crippen molar-refractivity contribution < 1.29 is 9.90 Å². The monoisotopic (exact) mass is 340 g/mol. The van der Waals surface area contributed by atoms with Crippen molar-refractivity contribution in [3.05, 3.63) is 30.1 Å². The molecule has 2 aliphatic rings. The third kappa shape index (κ3) is 4.64. The molecule has 6 heteroatoms. The van der Waals surface area contributed by atoms with Gasteiger partial charge >= 0.3 is 0 Å². The van der Waals surface area contributed by atoms with Crippen LogP contribution in [0.5, 0.6) is 0 Å². The SMILES string of the molecule is C#CCCC1(CCC(=O)N2CCC(O)(Cc3ccncc3)CC2)N=N1. The molecule has 1 N–H and O–H groups in total. The molecule has 0 atom stereocenters. The van der Waals surface area contributed by atoms with Crippen LogP contribution in [0, 0.1) is 12.3 Å². The lowest BCUT2D eigenvalue weighted by Gasteiger charge is -2.38. The van der Waals surface area contributed by atoms with Gasteiger partial charge in [0.25, 0.3) is 0 Å². The number of aliphatic hydroxyl groups is 1. The zero-order chi connectivity index (χ0) is 17.8. The van der Waals surface area contributed by atoms with Gasteiger partial charge in [0, 0.05) is 57.6 Å². The number of likely N-dealkylation sites (tertiary alicyclic amines) is 1. The fourth-order valence-corrected chi connectivity index (χ4v) is 3.36. The molecule has 0 bridgehead atoms. The van der Waals surface area contributed by atoms with Crippen molar-refractivity contribution in [3.8, 4) is 12.3 Å². The topological polar surface area (TPSA) is 78.2 Å². The minimum absolute atomic E-state index is 0.114. The van der Waals surface area contributed by atoms with Crippen LogP contribution in [0.25, 0.3) is 0 Å². The van der Waals surface area contributed by atoms with E-state index < -0.39 is 11.3 Å². The van der Waals surface area contributed by atoms with Crippen LogP contribution in [-0.2, 0) is 11.2 Å². The fourth-order valence-electron chi connectivity index (χ4n) is 3.36. The molecule has 3 rings (SSSR count). The molecule has 1 saturated heterocycles. The molecule has 2 aliphatic heterocycles. The van der Waals surface area contributed by atoms with Crippen LogP contribution < -0.4 is 0 Å². The average Bonchev–Trinajstić information content (AvgIpc) is 3.39. The minimum Gasteiger partial charge on any atom is -0.389 e. The number of pyridine rings is 1. The third-order valence-corrected chi connectivity index (χ3v) is 5.12. The lowest BCUT2D eigenvalue weighted by atomic mass is 9.85. The highest BCUT2D eigenvalue weighted by Crippen LogP contribution is 2.38. The molecule has 3 heterocycles. The van der Waals surface area contributed by atoms with Crippen molar-refractivity contribution in [2.24, 2.45) is 10.2 Å². The van der Waals surface area contributed by atoms with Crippen LogP contribution in [0.4, 0.5) is 0 Å². The molecule has 0 spiro atoms. The molecule has 25 heavy (non-hydrogen) atoms. The van der Waals surface area contributed by atoms with Crippen molar-refractivity contribution >= 4 is 5.91 Å². The van der Waals surface area contributed by atoms with Gasteiger partial charge in [-0.05, 0) is 30.5 Å². The maximum atomic E-state index is 12.4. The van der Waals surface area contributed by atoms with E-state index in [1.807, 2.05) is 17.0 Å². The number of hydrogen-bond acceptors (Lipinski definition) is 5. The Labute approximate surface area is 148 Å². The van der Waals surface area contributed by atoms with Crippen LogP contribution in [0.2, 0.25) is 0 Å². The van der Waals surface area contributed by atoms with Crippen molar-refractivity contribution in [1.29, 1.82) is 0 Å². The van der Waals surface area contributed by atoms with Gasteiger partial charge < -0.3 is 10.0 Å². The Hall–Kier alpha value is -2.26. The summed E-state index contributed by atoms with van der Waals surface area (Å²) in [6.07, 6.45) is 13.0. The van der Waals surface area contributed by atoms with Gasteiger partial charge in [-0.15, -0.1) is 12.3 Å². The minimum atomic E-state index is -0.743. The van der Waals surface area contributed by atoms with Gasteiger partial charge in [0.1, 0.15) is 0 Å². The number of piperidine rings is 1. The molecule has 1 aromatic rings. The Morgan fingerprint density at radius 3 is 2.52 bits per heavy atom. The zero-order valence-electron chi connectivity index (χ0n) is 14.4. The highest BCUT2D eigenvalue weighted by molar-refractivity contribution is 5.76. The Bertz CT molecular complexity index is 666. The van der Waals surface area contributed by atoms with Gasteiger partial charge in [-0.1, -0.05) is 0 Å². The average molecular weight is 340 g/mol. The third-order valence-electron chi connectivity index (χ3n) is 5.12. The van der Waals surface area contributed by atoms with Crippen molar-refractivity contribution in [1.82, 2.24) is 9.88 Å². The fraction of sp³-hybridized carbons (Fsp3) is 0.579. The Kier molecular flexibility index (Phi) is 5.14. The quantitative estimate of drug-likeness (QED) is 0.774. The number of rotatable bonds is 7. The molecule has 1 aromatic heterocycles. The zero-order valence-corrected chi connectivity index (χ0v) is 14.4. The summed E-state index contributed by atoms with van der Waals surface area (Å²) in [5, 5.41) is 18.9. The molecular weight excluding hydrogens is 316 g/mol. The molecule has 0 saturated carbocycles. The van der Waals surface area contributed by atoms with Crippen molar-refractivity contribution in [2.75, 3.05) is 13.1 Å². The largest absolute Gasteiger partial charge is 0.389 e. The molecule has 132 valence electrons. The van der Waals surface area contributed by atoms with Gasteiger partial charge in [0.15, 0.2) is 5.66 Å². The molecular formula is C19H24N4O2. The van der Waals surface area contributed by atoms with Crippen LogP contribution in [0.3, 0.4) is 0 Å². The van der Waals surface area contributed by atoms with Crippen LogP contribution in [0.1, 0.15) is 44.1 Å². The summed E-state index contributed by atoms with van der Waals surface area (Å²) >= 11 is 0. The maximum absolute atomic E-state index is 12.4. The number of carbonyl (C=O) groups excluding carboxylic acids is 1. The van der Waals surface area contributed by atoms with Gasteiger partial charge in [-0.2, -0.15) is 10.2 Å². The lowest BCUT2D eigenvalue weighted by Crippen LogP contribution is -2.47. The number of amides is 1. The second-order valence-electron chi connectivity index (χ2n) is 7.02. The highest BCUT2D eigenvalue weighted by Gasteiger charge is 2.40. The summed E-state index contributed by atoms with van der Waals surface area (Å²) in [5.74, 6) is 2.71. The number of carbonyl (C=O) groups is 1. The van der Waals surface area contributed by atoms with E-state index in [-0.39, 0.29) is 5.91 Å². The Balaban J connectivity index is 1.44. The molecule has 1 fully saturated rings. The molecule has 0 aromatic carbocycles. The van der Waals surface area contributed by atoms with Crippen LogP contribution in [0.15, 0.2) is 34.8 Å². The van der Waals surface area contributed by atoms with Gasteiger partial charge in [0.05, 0.1) is 5.60 Å². The Morgan fingerprint density at radius 1 is 1.24 bits per heavy atom. The van der Waals surface area contributed by atoms with E-state index in [0.717, 1.165) is 12.0 Å². The van der Waals surface area contributed by atoms with E-state index in [2.05, 4.69) is 21.1 Å². The predicted octanol–water partition coefficient (Wildman–Crippen LogP) is 2.33. The lowest BCUT2D eigenvalue weighted by molar-refractivity contribution is -0.135. The molecule has 0 aliphatic carbocycles. The van der Waals surface area contributed by atoms with Crippen LogP contribution >= 0.6 is 0 Å². The van der Waals surface area contributed by atoms with E-state index in [4.69, 9.17) is 6.42 Å². The standard InChI is InChI=1S/C19H24N4O2/c1-2-3-7-19(21-22-19)8-4-17(24)23-13-9-18(25,10-14-23)15-16-5-11-20-12-6-16/h1,5-6,11-12,25H,3-4,7-10,13-15H2. The predicted molar refractivity (Wildman–Crippen MR) is 93.6 cm³/mol. The summed E-state index contributed by atoms with van der Waals surface area (Å²) in [6, 6.07) is 3.85. The van der Waals surface area contributed by atoms with Gasteiger partial charge in [-0.25, -0.2) is 0 Å². The first-order chi connectivity index (χ1) is 12.0. The van der Waals surface area contributed by atoms with E-state index in [1.54, 1.807) is 12.4 Å². The molecule has 6 nitrogen and oxygen atoms in total. The summed E-state index contributed by atoms with van der Waals surface area (Å²) in [6.45, 7) is 1.18. The van der Waals surface area contributed by atoms with E-state index in [9.17, 15) is 9.90 Å².